The smallest absolute Gasteiger partial charge is 0.227 e. The van der Waals surface area contributed by atoms with Crippen molar-refractivity contribution in [3.63, 3.8) is 0 Å². The van der Waals surface area contributed by atoms with Crippen LogP contribution in [0.2, 0.25) is 0 Å². The van der Waals surface area contributed by atoms with E-state index in [4.69, 9.17) is 0 Å². The van der Waals surface area contributed by atoms with Gasteiger partial charge in [-0.3, -0.25) is 4.79 Å². The summed E-state index contributed by atoms with van der Waals surface area (Å²) in [5.74, 6) is -0.384. The summed E-state index contributed by atoms with van der Waals surface area (Å²) in [5.41, 5.74) is 4.07. The van der Waals surface area contributed by atoms with E-state index in [2.05, 4.69) is 27.0 Å². The SMILES string of the molecule is O=C(Nc1ccc(F)cc1)C1CC2(C1)c1ccccc1-c1cncn12. The summed E-state index contributed by atoms with van der Waals surface area (Å²) >= 11 is 0. The van der Waals surface area contributed by atoms with E-state index >= 15 is 0 Å². The molecule has 1 amide bonds. The van der Waals surface area contributed by atoms with Gasteiger partial charge in [-0.05, 0) is 42.7 Å². The maximum absolute atomic E-state index is 13.0. The van der Waals surface area contributed by atoms with E-state index in [1.807, 2.05) is 24.7 Å². The van der Waals surface area contributed by atoms with Crippen LogP contribution in [0.1, 0.15) is 18.4 Å². The van der Waals surface area contributed by atoms with Crippen LogP contribution in [-0.2, 0) is 10.3 Å². The number of benzene rings is 2. The number of hydrogen-bond donors (Lipinski definition) is 1. The van der Waals surface area contributed by atoms with Gasteiger partial charge in [0.2, 0.25) is 5.91 Å². The number of anilines is 1. The van der Waals surface area contributed by atoms with Crippen molar-refractivity contribution < 1.29 is 9.18 Å². The highest BCUT2D eigenvalue weighted by Gasteiger charge is 2.54. The van der Waals surface area contributed by atoms with E-state index in [1.54, 1.807) is 12.1 Å². The van der Waals surface area contributed by atoms with Crippen LogP contribution >= 0.6 is 0 Å². The molecule has 1 spiro atoms. The maximum Gasteiger partial charge on any atom is 0.227 e. The van der Waals surface area contributed by atoms with Crippen LogP contribution in [0.25, 0.3) is 11.3 Å². The van der Waals surface area contributed by atoms with E-state index in [9.17, 15) is 9.18 Å². The number of nitrogens with zero attached hydrogens (tertiary/aromatic N) is 2. The Hall–Kier alpha value is -2.95. The lowest BCUT2D eigenvalue weighted by atomic mass is 9.64. The molecule has 1 aromatic heterocycles. The van der Waals surface area contributed by atoms with Crippen molar-refractivity contribution >= 4 is 11.6 Å². The van der Waals surface area contributed by atoms with Crippen molar-refractivity contribution in [2.24, 2.45) is 5.92 Å². The molecule has 2 aromatic carbocycles. The quantitative estimate of drug-likeness (QED) is 0.775. The topological polar surface area (TPSA) is 46.9 Å². The molecule has 1 fully saturated rings. The highest BCUT2D eigenvalue weighted by Crippen LogP contribution is 2.56. The van der Waals surface area contributed by atoms with Crippen LogP contribution in [-0.4, -0.2) is 15.5 Å². The summed E-state index contributed by atoms with van der Waals surface area (Å²) in [6, 6.07) is 14.2. The number of nitrogens with one attached hydrogen (secondary N) is 1. The van der Waals surface area contributed by atoms with Crippen LogP contribution in [0.4, 0.5) is 10.1 Å². The standard InChI is InChI=1S/C20H16FN3O/c21-14-5-7-15(8-6-14)23-19(25)13-9-20(10-13)17-4-2-1-3-16(17)18-11-22-12-24(18)20/h1-8,11-13H,9-10H2,(H,23,25). The molecule has 1 aliphatic carbocycles. The Morgan fingerprint density at radius 3 is 2.72 bits per heavy atom. The number of amides is 1. The lowest BCUT2D eigenvalue weighted by Gasteiger charge is -2.46. The van der Waals surface area contributed by atoms with Gasteiger partial charge in [0.25, 0.3) is 0 Å². The lowest BCUT2D eigenvalue weighted by molar-refractivity contribution is -0.125. The minimum absolute atomic E-state index is 0.0109. The second-order valence-corrected chi connectivity index (χ2v) is 6.83. The number of carbonyl (C=O) groups is 1. The molecule has 25 heavy (non-hydrogen) atoms. The Morgan fingerprint density at radius 1 is 1.16 bits per heavy atom. The molecule has 2 heterocycles. The first-order chi connectivity index (χ1) is 12.2. The van der Waals surface area contributed by atoms with Gasteiger partial charge in [-0.2, -0.15) is 0 Å². The van der Waals surface area contributed by atoms with Crippen molar-refractivity contribution in [1.29, 1.82) is 0 Å². The summed E-state index contributed by atoms with van der Waals surface area (Å²) in [4.78, 5) is 16.8. The highest BCUT2D eigenvalue weighted by atomic mass is 19.1. The zero-order valence-electron chi connectivity index (χ0n) is 13.4. The average Bonchev–Trinajstić information content (AvgIpc) is 3.15. The molecule has 0 atom stereocenters. The zero-order valence-corrected chi connectivity index (χ0v) is 13.4. The third-order valence-corrected chi connectivity index (χ3v) is 5.45. The fourth-order valence-corrected chi connectivity index (χ4v) is 4.21. The van der Waals surface area contributed by atoms with Gasteiger partial charge in [0.1, 0.15) is 5.82 Å². The van der Waals surface area contributed by atoms with Crippen LogP contribution in [0.3, 0.4) is 0 Å². The first-order valence-electron chi connectivity index (χ1n) is 8.36. The molecule has 3 aromatic rings. The van der Waals surface area contributed by atoms with Gasteiger partial charge in [-0.15, -0.1) is 0 Å². The minimum Gasteiger partial charge on any atom is -0.326 e. The number of aromatic nitrogens is 2. The van der Waals surface area contributed by atoms with E-state index in [1.165, 1.54) is 23.3 Å². The Labute approximate surface area is 144 Å². The van der Waals surface area contributed by atoms with Crippen molar-refractivity contribution in [3.05, 3.63) is 72.4 Å². The number of fused-ring (bicyclic) bond motifs is 5. The fourth-order valence-electron chi connectivity index (χ4n) is 4.21. The predicted octanol–water partition coefficient (Wildman–Crippen LogP) is 3.79. The summed E-state index contributed by atoms with van der Waals surface area (Å²) in [6.45, 7) is 0. The summed E-state index contributed by atoms with van der Waals surface area (Å²) in [7, 11) is 0. The number of imidazole rings is 1. The zero-order chi connectivity index (χ0) is 17.0. The van der Waals surface area contributed by atoms with Crippen molar-refractivity contribution in [2.75, 3.05) is 5.32 Å². The van der Waals surface area contributed by atoms with E-state index in [0.29, 0.717) is 5.69 Å². The van der Waals surface area contributed by atoms with Gasteiger partial charge in [0.05, 0.1) is 23.8 Å². The van der Waals surface area contributed by atoms with Crippen molar-refractivity contribution in [3.8, 4) is 11.3 Å². The molecular weight excluding hydrogens is 317 g/mol. The molecule has 5 heteroatoms. The van der Waals surface area contributed by atoms with Gasteiger partial charge in [0, 0.05) is 17.2 Å². The van der Waals surface area contributed by atoms with Gasteiger partial charge in [0.15, 0.2) is 0 Å². The van der Waals surface area contributed by atoms with Crippen LogP contribution in [0.15, 0.2) is 61.1 Å². The molecule has 2 aliphatic rings. The molecule has 4 nitrogen and oxygen atoms in total. The highest BCUT2D eigenvalue weighted by molar-refractivity contribution is 5.93. The predicted molar refractivity (Wildman–Crippen MR) is 92.5 cm³/mol. The Balaban J connectivity index is 1.39. The maximum atomic E-state index is 13.0. The molecular formula is C20H16FN3O. The molecule has 1 aliphatic heterocycles. The van der Waals surface area contributed by atoms with Gasteiger partial charge >= 0.3 is 0 Å². The Morgan fingerprint density at radius 2 is 1.92 bits per heavy atom. The van der Waals surface area contributed by atoms with Crippen LogP contribution < -0.4 is 5.32 Å². The van der Waals surface area contributed by atoms with E-state index in [0.717, 1.165) is 18.5 Å². The van der Waals surface area contributed by atoms with Crippen molar-refractivity contribution in [1.82, 2.24) is 9.55 Å². The first-order valence-corrected chi connectivity index (χ1v) is 8.36. The number of halogens is 1. The summed E-state index contributed by atoms with van der Waals surface area (Å²) in [6.07, 6.45) is 5.25. The Kier molecular flexibility index (Phi) is 2.89. The van der Waals surface area contributed by atoms with Gasteiger partial charge in [-0.1, -0.05) is 24.3 Å². The lowest BCUT2D eigenvalue weighted by Crippen LogP contribution is -2.49. The Bertz CT molecular complexity index is 971. The molecule has 0 radical (unpaired) electrons. The number of hydrogen-bond acceptors (Lipinski definition) is 2. The van der Waals surface area contributed by atoms with Gasteiger partial charge < -0.3 is 9.88 Å². The summed E-state index contributed by atoms with van der Waals surface area (Å²) < 4.78 is 15.2. The van der Waals surface area contributed by atoms with Crippen molar-refractivity contribution in [2.45, 2.75) is 18.4 Å². The fraction of sp³-hybridized carbons (Fsp3) is 0.200. The normalized spacial score (nSPS) is 23.0. The summed E-state index contributed by atoms with van der Waals surface area (Å²) in [5, 5.41) is 2.89. The molecule has 124 valence electrons. The second-order valence-electron chi connectivity index (χ2n) is 6.83. The third-order valence-electron chi connectivity index (χ3n) is 5.45. The third kappa shape index (κ3) is 1.98. The molecule has 0 unspecified atom stereocenters. The molecule has 1 N–H and O–H groups in total. The van der Waals surface area contributed by atoms with Crippen LogP contribution in [0.5, 0.6) is 0 Å². The van der Waals surface area contributed by atoms with E-state index in [-0.39, 0.29) is 23.2 Å². The number of rotatable bonds is 2. The molecule has 1 saturated carbocycles. The molecule has 0 saturated heterocycles. The largest absolute Gasteiger partial charge is 0.326 e. The monoisotopic (exact) mass is 333 g/mol. The first kappa shape index (κ1) is 14.4. The average molecular weight is 333 g/mol. The minimum atomic E-state index is -0.309. The van der Waals surface area contributed by atoms with Gasteiger partial charge in [-0.25, -0.2) is 9.37 Å². The second kappa shape index (κ2) is 5.02. The molecule has 5 rings (SSSR count). The van der Waals surface area contributed by atoms with Crippen LogP contribution in [0, 0.1) is 11.7 Å². The molecule has 0 bridgehead atoms. The number of carbonyl (C=O) groups excluding carboxylic acids is 1. The van der Waals surface area contributed by atoms with E-state index < -0.39 is 0 Å².